The van der Waals surface area contributed by atoms with Crippen LogP contribution in [0.15, 0.2) is 72.8 Å². The Labute approximate surface area is 166 Å². The van der Waals surface area contributed by atoms with E-state index in [1.165, 1.54) is 5.56 Å². The molecule has 0 bridgehead atoms. The van der Waals surface area contributed by atoms with Gasteiger partial charge in [-0.05, 0) is 72.4 Å². The van der Waals surface area contributed by atoms with Crippen LogP contribution in [0.4, 0.5) is 0 Å². The van der Waals surface area contributed by atoms with E-state index >= 15 is 0 Å². The molecule has 0 aliphatic carbocycles. The standard InChI is InChI=1S/C25H28O3/c1-25(20-8-14-23(27)15-9-20,21-10-16-24(28)17-11-21)18-4-2-3-5-19-6-12-22(26)13-7-19/h6-17,26-28H,2-5,18H2,1H3. The predicted octanol–water partition coefficient (Wildman–Crippen LogP) is 5.91. The normalized spacial score (nSPS) is 11.5. The minimum absolute atomic E-state index is 0.181. The Balaban J connectivity index is 1.66. The van der Waals surface area contributed by atoms with Crippen LogP contribution < -0.4 is 0 Å². The van der Waals surface area contributed by atoms with E-state index in [4.69, 9.17) is 0 Å². The molecule has 0 atom stereocenters. The van der Waals surface area contributed by atoms with Crippen molar-refractivity contribution < 1.29 is 15.3 Å². The van der Waals surface area contributed by atoms with Crippen LogP contribution in [-0.2, 0) is 11.8 Å². The summed E-state index contributed by atoms with van der Waals surface area (Å²) in [6, 6.07) is 22.3. The molecule has 0 spiro atoms. The fourth-order valence-corrected chi connectivity index (χ4v) is 3.76. The number of phenolic OH excluding ortho intramolecular Hbond substituents is 3. The van der Waals surface area contributed by atoms with Gasteiger partial charge in [0, 0.05) is 5.41 Å². The minimum Gasteiger partial charge on any atom is -0.508 e. The highest BCUT2D eigenvalue weighted by Gasteiger charge is 2.28. The van der Waals surface area contributed by atoms with Gasteiger partial charge in [-0.2, -0.15) is 0 Å². The molecular weight excluding hydrogens is 348 g/mol. The van der Waals surface area contributed by atoms with E-state index in [0.29, 0.717) is 5.75 Å². The monoisotopic (exact) mass is 376 g/mol. The molecule has 28 heavy (non-hydrogen) atoms. The van der Waals surface area contributed by atoms with Crippen LogP contribution in [0.25, 0.3) is 0 Å². The molecule has 0 fully saturated rings. The Kier molecular flexibility index (Phi) is 6.25. The Morgan fingerprint density at radius 1 is 0.571 bits per heavy atom. The van der Waals surface area contributed by atoms with E-state index in [1.54, 1.807) is 36.4 Å². The summed E-state index contributed by atoms with van der Waals surface area (Å²) in [5.74, 6) is 0.846. The maximum absolute atomic E-state index is 9.65. The van der Waals surface area contributed by atoms with Crippen LogP contribution in [0.2, 0.25) is 0 Å². The van der Waals surface area contributed by atoms with Crippen molar-refractivity contribution >= 4 is 0 Å². The number of hydrogen-bond acceptors (Lipinski definition) is 3. The molecule has 3 N–H and O–H groups in total. The second kappa shape index (κ2) is 8.83. The zero-order chi connectivity index (χ0) is 20.0. The van der Waals surface area contributed by atoms with Crippen molar-refractivity contribution in [1.29, 1.82) is 0 Å². The fourth-order valence-electron chi connectivity index (χ4n) is 3.76. The molecule has 0 aliphatic heterocycles. The largest absolute Gasteiger partial charge is 0.508 e. The third kappa shape index (κ3) is 4.86. The van der Waals surface area contributed by atoms with E-state index in [-0.39, 0.29) is 16.9 Å². The summed E-state index contributed by atoms with van der Waals surface area (Å²) in [7, 11) is 0. The van der Waals surface area contributed by atoms with Crippen molar-refractivity contribution in [2.45, 2.75) is 44.4 Å². The van der Waals surface area contributed by atoms with Crippen molar-refractivity contribution in [3.05, 3.63) is 89.5 Å². The average Bonchev–Trinajstić information content (AvgIpc) is 2.70. The molecule has 0 heterocycles. The van der Waals surface area contributed by atoms with E-state index in [9.17, 15) is 15.3 Å². The van der Waals surface area contributed by atoms with Crippen LogP contribution in [0.5, 0.6) is 17.2 Å². The molecule has 3 nitrogen and oxygen atoms in total. The molecule has 0 aromatic heterocycles. The van der Waals surface area contributed by atoms with Crippen molar-refractivity contribution in [3.63, 3.8) is 0 Å². The van der Waals surface area contributed by atoms with E-state index in [2.05, 4.69) is 6.92 Å². The minimum atomic E-state index is -0.181. The summed E-state index contributed by atoms with van der Waals surface area (Å²) in [5, 5.41) is 28.7. The van der Waals surface area contributed by atoms with E-state index in [1.807, 2.05) is 36.4 Å². The van der Waals surface area contributed by atoms with Crippen molar-refractivity contribution in [3.8, 4) is 17.2 Å². The first kappa shape index (κ1) is 19.8. The summed E-state index contributed by atoms with van der Waals surface area (Å²) in [6.07, 6.45) is 5.29. The molecule has 0 saturated carbocycles. The third-order valence-corrected chi connectivity index (χ3v) is 5.59. The zero-order valence-corrected chi connectivity index (χ0v) is 16.3. The van der Waals surface area contributed by atoms with Crippen molar-refractivity contribution in [2.24, 2.45) is 0 Å². The molecule has 0 radical (unpaired) electrons. The summed E-state index contributed by atoms with van der Waals surface area (Å²) in [6.45, 7) is 2.23. The maximum atomic E-state index is 9.65. The molecule has 146 valence electrons. The van der Waals surface area contributed by atoms with Crippen LogP contribution in [0.1, 0.15) is 49.3 Å². The Morgan fingerprint density at radius 2 is 1.00 bits per heavy atom. The number of rotatable bonds is 8. The number of benzene rings is 3. The van der Waals surface area contributed by atoms with Gasteiger partial charge in [-0.25, -0.2) is 0 Å². The molecule has 0 aliphatic rings. The average molecular weight is 376 g/mol. The fraction of sp³-hybridized carbons (Fsp3) is 0.280. The highest BCUT2D eigenvalue weighted by atomic mass is 16.3. The quantitative estimate of drug-likeness (QED) is 0.428. The second-order valence-electron chi connectivity index (χ2n) is 7.65. The van der Waals surface area contributed by atoms with Gasteiger partial charge in [0.25, 0.3) is 0 Å². The van der Waals surface area contributed by atoms with E-state index < -0.39 is 0 Å². The molecule has 0 amide bonds. The topological polar surface area (TPSA) is 60.7 Å². The van der Waals surface area contributed by atoms with Gasteiger partial charge in [0.2, 0.25) is 0 Å². The molecule has 3 rings (SSSR count). The lowest BCUT2D eigenvalue weighted by Crippen LogP contribution is -2.23. The number of aryl methyl sites for hydroxylation is 1. The number of aromatic hydroxyl groups is 3. The SMILES string of the molecule is CC(CCCCCc1ccc(O)cc1)(c1ccc(O)cc1)c1ccc(O)cc1. The van der Waals surface area contributed by atoms with Gasteiger partial charge in [0.15, 0.2) is 0 Å². The summed E-state index contributed by atoms with van der Waals surface area (Å²) in [4.78, 5) is 0. The van der Waals surface area contributed by atoms with E-state index in [0.717, 1.165) is 43.2 Å². The first-order valence-corrected chi connectivity index (χ1v) is 9.84. The lowest BCUT2D eigenvalue weighted by atomic mass is 9.72. The summed E-state index contributed by atoms with van der Waals surface area (Å²) >= 11 is 0. The number of unbranched alkanes of at least 4 members (excludes halogenated alkanes) is 2. The van der Waals surface area contributed by atoms with Crippen LogP contribution in [-0.4, -0.2) is 15.3 Å². The van der Waals surface area contributed by atoms with Gasteiger partial charge in [-0.15, -0.1) is 0 Å². The Hall–Kier alpha value is -2.94. The third-order valence-electron chi connectivity index (χ3n) is 5.59. The van der Waals surface area contributed by atoms with Gasteiger partial charge in [-0.1, -0.05) is 56.2 Å². The van der Waals surface area contributed by atoms with Crippen molar-refractivity contribution in [2.75, 3.05) is 0 Å². The molecule has 0 unspecified atom stereocenters. The van der Waals surface area contributed by atoms with Gasteiger partial charge >= 0.3 is 0 Å². The first-order chi connectivity index (χ1) is 13.5. The maximum Gasteiger partial charge on any atom is 0.115 e. The smallest absolute Gasteiger partial charge is 0.115 e. The molecular formula is C25H28O3. The Bertz CT molecular complexity index is 820. The highest BCUT2D eigenvalue weighted by molar-refractivity contribution is 5.42. The highest BCUT2D eigenvalue weighted by Crippen LogP contribution is 2.38. The number of hydrogen-bond donors (Lipinski definition) is 3. The first-order valence-electron chi connectivity index (χ1n) is 9.84. The predicted molar refractivity (Wildman–Crippen MR) is 113 cm³/mol. The lowest BCUT2D eigenvalue weighted by molar-refractivity contribution is 0.463. The van der Waals surface area contributed by atoms with Gasteiger partial charge in [-0.3, -0.25) is 0 Å². The Morgan fingerprint density at radius 3 is 1.46 bits per heavy atom. The summed E-state index contributed by atoms with van der Waals surface area (Å²) in [5.41, 5.74) is 3.39. The van der Waals surface area contributed by atoms with Gasteiger partial charge < -0.3 is 15.3 Å². The van der Waals surface area contributed by atoms with Crippen LogP contribution in [0, 0.1) is 0 Å². The molecule has 3 heteroatoms. The zero-order valence-electron chi connectivity index (χ0n) is 16.3. The molecule has 3 aromatic carbocycles. The summed E-state index contributed by atoms with van der Waals surface area (Å²) < 4.78 is 0. The van der Waals surface area contributed by atoms with Crippen LogP contribution in [0.3, 0.4) is 0 Å². The van der Waals surface area contributed by atoms with Crippen molar-refractivity contribution in [1.82, 2.24) is 0 Å². The van der Waals surface area contributed by atoms with Crippen LogP contribution >= 0.6 is 0 Å². The lowest BCUT2D eigenvalue weighted by Gasteiger charge is -2.31. The molecule has 0 saturated heterocycles. The second-order valence-corrected chi connectivity index (χ2v) is 7.65. The molecule has 3 aromatic rings. The van der Waals surface area contributed by atoms with Gasteiger partial charge in [0.1, 0.15) is 17.2 Å². The van der Waals surface area contributed by atoms with Gasteiger partial charge in [0.05, 0.1) is 0 Å². The number of phenols is 3.